The smallest absolute Gasteiger partial charge is 0.141 e. The van der Waals surface area contributed by atoms with Gasteiger partial charge in [0.15, 0.2) is 0 Å². The first-order valence-corrected chi connectivity index (χ1v) is 7.31. The van der Waals surface area contributed by atoms with Crippen molar-refractivity contribution >= 4 is 0 Å². The van der Waals surface area contributed by atoms with Gasteiger partial charge in [-0.2, -0.15) is 5.26 Å². The van der Waals surface area contributed by atoms with Crippen molar-refractivity contribution in [1.82, 2.24) is 4.98 Å². The summed E-state index contributed by atoms with van der Waals surface area (Å²) >= 11 is 0. The van der Waals surface area contributed by atoms with Gasteiger partial charge < -0.3 is 4.74 Å². The van der Waals surface area contributed by atoms with E-state index < -0.39 is 0 Å². The van der Waals surface area contributed by atoms with Gasteiger partial charge in [-0.15, -0.1) is 0 Å². The third kappa shape index (κ3) is 2.31. The molecule has 1 saturated carbocycles. The summed E-state index contributed by atoms with van der Waals surface area (Å²) in [7, 11) is 0. The Hall–Kier alpha value is -1.47. The van der Waals surface area contributed by atoms with Crippen LogP contribution in [0.2, 0.25) is 0 Å². The van der Waals surface area contributed by atoms with Crippen molar-refractivity contribution in [2.75, 3.05) is 6.61 Å². The fraction of sp³-hybridized carbons (Fsp3) is 0.625. The van der Waals surface area contributed by atoms with Gasteiger partial charge in [0.1, 0.15) is 5.82 Å². The van der Waals surface area contributed by atoms with Crippen LogP contribution >= 0.6 is 0 Å². The van der Waals surface area contributed by atoms with Crippen molar-refractivity contribution < 1.29 is 9.13 Å². The summed E-state index contributed by atoms with van der Waals surface area (Å²) in [4.78, 5) is 4.27. The van der Waals surface area contributed by atoms with Crippen LogP contribution in [0.3, 0.4) is 0 Å². The molecule has 2 heterocycles. The van der Waals surface area contributed by atoms with E-state index in [-0.39, 0.29) is 16.8 Å². The second-order valence-corrected chi connectivity index (χ2v) is 6.14. The van der Waals surface area contributed by atoms with E-state index in [9.17, 15) is 9.65 Å². The van der Waals surface area contributed by atoms with Gasteiger partial charge in [0, 0.05) is 24.1 Å². The second kappa shape index (κ2) is 5.14. The van der Waals surface area contributed by atoms with Crippen molar-refractivity contribution in [2.45, 2.75) is 56.0 Å². The molecule has 1 aromatic rings. The molecule has 1 saturated heterocycles. The van der Waals surface area contributed by atoms with Crippen molar-refractivity contribution in [2.24, 2.45) is 0 Å². The first-order chi connectivity index (χ1) is 9.68. The molecule has 2 fully saturated rings. The number of nitriles is 1. The minimum absolute atomic E-state index is 0.0782. The Labute approximate surface area is 118 Å². The highest BCUT2D eigenvalue weighted by atomic mass is 19.1. The summed E-state index contributed by atoms with van der Waals surface area (Å²) in [6, 6.07) is 5.49. The van der Waals surface area contributed by atoms with Gasteiger partial charge in [0.2, 0.25) is 0 Å². The van der Waals surface area contributed by atoms with Gasteiger partial charge >= 0.3 is 0 Å². The summed E-state index contributed by atoms with van der Waals surface area (Å²) in [5, 5.41) is 9.24. The Balaban J connectivity index is 1.95. The number of pyridine rings is 1. The Kier molecular flexibility index (Phi) is 3.47. The third-order valence-corrected chi connectivity index (χ3v) is 4.85. The highest BCUT2D eigenvalue weighted by Gasteiger charge is 2.48. The van der Waals surface area contributed by atoms with Gasteiger partial charge in [-0.25, -0.2) is 4.39 Å². The molecule has 3 rings (SSSR count). The molecule has 0 amide bonds. The molecule has 0 aromatic carbocycles. The lowest BCUT2D eigenvalue weighted by atomic mass is 9.68. The molecule has 0 radical (unpaired) electrons. The predicted octanol–water partition coefficient (Wildman–Crippen LogP) is 3.50. The Bertz CT molecular complexity index is 516. The van der Waals surface area contributed by atoms with E-state index >= 15 is 0 Å². The fourth-order valence-electron chi connectivity index (χ4n) is 3.86. The first kappa shape index (κ1) is 13.5. The lowest BCUT2D eigenvalue weighted by Gasteiger charge is -2.45. The number of aromatic nitrogens is 1. The molecule has 1 unspecified atom stereocenters. The molecule has 3 nitrogen and oxygen atoms in total. The number of nitrogens with zero attached hydrogens (tertiary/aromatic N) is 2. The topological polar surface area (TPSA) is 45.9 Å². The van der Waals surface area contributed by atoms with E-state index in [1.54, 1.807) is 6.07 Å². The summed E-state index contributed by atoms with van der Waals surface area (Å²) in [6.07, 6.45) is 7.84. The van der Waals surface area contributed by atoms with Crippen LogP contribution in [0.5, 0.6) is 0 Å². The molecule has 0 N–H and O–H groups in total. The van der Waals surface area contributed by atoms with Crippen LogP contribution in [0, 0.1) is 17.1 Å². The number of hydrogen-bond acceptors (Lipinski definition) is 3. The zero-order chi connectivity index (χ0) is 14.1. The van der Waals surface area contributed by atoms with Gasteiger partial charge in [-0.3, -0.25) is 4.98 Å². The highest BCUT2D eigenvalue weighted by Crippen LogP contribution is 2.49. The van der Waals surface area contributed by atoms with Crippen LogP contribution in [-0.2, 0) is 10.2 Å². The molecule has 106 valence electrons. The summed E-state index contributed by atoms with van der Waals surface area (Å²) in [6.45, 7) is 0.667. The Morgan fingerprint density at radius 1 is 1.30 bits per heavy atom. The maximum absolute atomic E-state index is 13.1. The third-order valence-electron chi connectivity index (χ3n) is 4.85. The number of hydrogen-bond donors (Lipinski definition) is 0. The number of rotatable bonds is 2. The van der Waals surface area contributed by atoms with Crippen LogP contribution < -0.4 is 0 Å². The maximum atomic E-state index is 13.1. The quantitative estimate of drug-likeness (QED) is 0.829. The molecule has 0 bridgehead atoms. The van der Waals surface area contributed by atoms with Crippen LogP contribution in [0.25, 0.3) is 0 Å². The maximum Gasteiger partial charge on any atom is 0.141 e. The first-order valence-electron chi connectivity index (χ1n) is 7.31. The van der Waals surface area contributed by atoms with E-state index in [0.29, 0.717) is 13.0 Å². The normalized spacial score (nSPS) is 28.4. The van der Waals surface area contributed by atoms with Crippen molar-refractivity contribution in [1.29, 1.82) is 5.26 Å². The largest absolute Gasteiger partial charge is 0.375 e. The molecular formula is C16H19FN2O. The van der Waals surface area contributed by atoms with Crippen LogP contribution in [0.4, 0.5) is 4.39 Å². The molecule has 4 heteroatoms. The highest BCUT2D eigenvalue weighted by molar-refractivity contribution is 5.22. The van der Waals surface area contributed by atoms with Gasteiger partial charge in [0.25, 0.3) is 0 Å². The molecule has 2 aliphatic rings. The minimum atomic E-state index is -0.330. The zero-order valence-corrected chi connectivity index (χ0v) is 11.6. The van der Waals surface area contributed by atoms with E-state index in [4.69, 9.17) is 4.74 Å². The molecular weight excluding hydrogens is 255 g/mol. The van der Waals surface area contributed by atoms with Gasteiger partial charge in [-0.1, -0.05) is 12.8 Å². The second-order valence-electron chi connectivity index (χ2n) is 6.14. The van der Waals surface area contributed by atoms with E-state index in [2.05, 4.69) is 11.1 Å². The number of halogens is 1. The molecule has 1 aliphatic heterocycles. The Morgan fingerprint density at radius 2 is 2.10 bits per heavy atom. The molecule has 1 aromatic heterocycles. The predicted molar refractivity (Wildman–Crippen MR) is 72.5 cm³/mol. The van der Waals surface area contributed by atoms with Crippen molar-refractivity contribution in [3.63, 3.8) is 0 Å². The average molecular weight is 274 g/mol. The number of ether oxygens (including phenoxy) is 1. The van der Waals surface area contributed by atoms with Crippen LogP contribution in [0.15, 0.2) is 18.3 Å². The monoisotopic (exact) mass is 274 g/mol. The molecule has 1 aliphatic carbocycles. The van der Waals surface area contributed by atoms with Crippen LogP contribution in [-0.4, -0.2) is 17.2 Å². The lowest BCUT2D eigenvalue weighted by molar-refractivity contribution is -0.102. The molecule has 1 spiro atoms. The van der Waals surface area contributed by atoms with Gasteiger partial charge in [0.05, 0.1) is 17.9 Å². The fourth-order valence-corrected chi connectivity index (χ4v) is 3.86. The minimum Gasteiger partial charge on any atom is -0.375 e. The zero-order valence-electron chi connectivity index (χ0n) is 11.6. The van der Waals surface area contributed by atoms with E-state index in [1.165, 1.54) is 25.1 Å². The lowest BCUT2D eigenvalue weighted by Crippen LogP contribution is -2.46. The summed E-state index contributed by atoms with van der Waals surface area (Å²) in [5.74, 6) is -0.330. The summed E-state index contributed by atoms with van der Waals surface area (Å²) in [5.41, 5.74) is 0.492. The van der Waals surface area contributed by atoms with Crippen LogP contribution in [0.1, 0.15) is 50.6 Å². The SMILES string of the molecule is N#CCC1(c2ccc(F)cn2)CCOC2(CCCC2)C1. The van der Waals surface area contributed by atoms with Crippen molar-refractivity contribution in [3.8, 4) is 6.07 Å². The Morgan fingerprint density at radius 3 is 2.75 bits per heavy atom. The van der Waals surface area contributed by atoms with Gasteiger partial charge in [-0.05, 0) is 37.8 Å². The van der Waals surface area contributed by atoms with Crippen molar-refractivity contribution in [3.05, 3.63) is 29.8 Å². The van der Waals surface area contributed by atoms with E-state index in [0.717, 1.165) is 31.4 Å². The summed E-state index contributed by atoms with van der Waals surface area (Å²) < 4.78 is 19.2. The molecule has 1 atom stereocenters. The standard InChI is InChI=1S/C16H19FN2O/c17-13-3-4-14(19-11-13)15(7-9-18)8-10-20-16(12-15)5-1-2-6-16/h3-4,11H,1-2,5-8,10,12H2. The van der Waals surface area contributed by atoms with E-state index in [1.807, 2.05) is 0 Å². The average Bonchev–Trinajstić information content (AvgIpc) is 2.87. The molecule has 20 heavy (non-hydrogen) atoms.